The van der Waals surface area contributed by atoms with Gasteiger partial charge in [0.2, 0.25) is 5.91 Å². The molecule has 1 atom stereocenters. The lowest BCUT2D eigenvalue weighted by Gasteiger charge is -2.27. The predicted octanol–water partition coefficient (Wildman–Crippen LogP) is 3.29. The van der Waals surface area contributed by atoms with E-state index in [1.165, 1.54) is 6.42 Å². The fraction of sp³-hybridized carbons (Fsp3) is 0.600. The fourth-order valence-corrected chi connectivity index (χ4v) is 3.23. The molecule has 1 saturated carbocycles. The first-order valence-corrected chi connectivity index (χ1v) is 9.36. The van der Waals surface area contributed by atoms with E-state index in [4.69, 9.17) is 4.74 Å². The van der Waals surface area contributed by atoms with Crippen LogP contribution in [-0.2, 0) is 4.79 Å². The summed E-state index contributed by atoms with van der Waals surface area (Å²) < 4.78 is 5.52. The summed E-state index contributed by atoms with van der Waals surface area (Å²) in [5.74, 6) is 0.176. The Labute approximate surface area is 150 Å². The molecule has 5 heteroatoms. The summed E-state index contributed by atoms with van der Waals surface area (Å²) in [6, 6.07) is 6.79. The van der Waals surface area contributed by atoms with E-state index < -0.39 is 6.04 Å². The van der Waals surface area contributed by atoms with Crippen molar-refractivity contribution >= 4 is 11.8 Å². The number of rotatable bonds is 7. The first-order chi connectivity index (χ1) is 12.0. The van der Waals surface area contributed by atoms with Crippen LogP contribution in [0, 0.1) is 5.92 Å². The molecule has 1 fully saturated rings. The molecule has 0 unspecified atom stereocenters. The number of benzene rings is 1. The standard InChI is InChI=1S/C20H30N2O3/c1-4-25-17-13-9-8-12-16(17)19(23)22-18(14(2)3)20(24)21-15-10-6-5-7-11-15/h8-9,12-15,18H,4-7,10-11H2,1-3H3,(H,21,24)(H,22,23)/t18-/m1/s1. The molecule has 2 amide bonds. The van der Waals surface area contributed by atoms with E-state index in [1.807, 2.05) is 26.8 Å². The molecular formula is C20H30N2O3. The Bertz CT molecular complexity index is 580. The molecule has 0 aromatic heterocycles. The first kappa shape index (κ1) is 19.3. The van der Waals surface area contributed by atoms with Crippen molar-refractivity contribution in [3.8, 4) is 5.75 Å². The van der Waals surface area contributed by atoms with Crippen molar-refractivity contribution in [2.24, 2.45) is 5.92 Å². The minimum atomic E-state index is -0.552. The van der Waals surface area contributed by atoms with Gasteiger partial charge >= 0.3 is 0 Å². The van der Waals surface area contributed by atoms with Gasteiger partial charge in [-0.1, -0.05) is 45.2 Å². The van der Waals surface area contributed by atoms with E-state index in [0.29, 0.717) is 17.9 Å². The maximum Gasteiger partial charge on any atom is 0.255 e. The van der Waals surface area contributed by atoms with E-state index >= 15 is 0 Å². The number of carbonyl (C=O) groups is 2. The lowest BCUT2D eigenvalue weighted by Crippen LogP contribution is -2.52. The van der Waals surface area contributed by atoms with Gasteiger partial charge in [-0.25, -0.2) is 0 Å². The van der Waals surface area contributed by atoms with E-state index in [0.717, 1.165) is 25.7 Å². The molecule has 0 radical (unpaired) electrons. The Morgan fingerprint density at radius 3 is 2.48 bits per heavy atom. The molecule has 0 saturated heterocycles. The highest BCUT2D eigenvalue weighted by Gasteiger charge is 2.27. The van der Waals surface area contributed by atoms with Crippen LogP contribution in [0.5, 0.6) is 5.75 Å². The van der Waals surface area contributed by atoms with Gasteiger partial charge in [-0.3, -0.25) is 9.59 Å². The van der Waals surface area contributed by atoms with Crippen LogP contribution in [0.1, 0.15) is 63.2 Å². The highest BCUT2D eigenvalue weighted by atomic mass is 16.5. The topological polar surface area (TPSA) is 67.4 Å². The summed E-state index contributed by atoms with van der Waals surface area (Å²) in [6.07, 6.45) is 5.61. The van der Waals surface area contributed by atoms with Crippen LogP contribution in [0.25, 0.3) is 0 Å². The second-order valence-electron chi connectivity index (χ2n) is 6.97. The lowest BCUT2D eigenvalue weighted by atomic mass is 9.94. The van der Waals surface area contributed by atoms with Crippen LogP contribution in [0.2, 0.25) is 0 Å². The van der Waals surface area contributed by atoms with Gasteiger partial charge in [-0.2, -0.15) is 0 Å². The lowest BCUT2D eigenvalue weighted by molar-refractivity contribution is -0.124. The number of carbonyl (C=O) groups excluding carboxylic acids is 2. The highest BCUT2D eigenvalue weighted by molar-refractivity contribution is 5.99. The molecule has 0 aliphatic heterocycles. The monoisotopic (exact) mass is 346 g/mol. The second-order valence-corrected chi connectivity index (χ2v) is 6.97. The Hall–Kier alpha value is -2.04. The molecule has 5 nitrogen and oxygen atoms in total. The van der Waals surface area contributed by atoms with Crippen molar-refractivity contribution in [1.29, 1.82) is 0 Å². The minimum Gasteiger partial charge on any atom is -0.493 e. The van der Waals surface area contributed by atoms with Crippen molar-refractivity contribution in [1.82, 2.24) is 10.6 Å². The van der Waals surface area contributed by atoms with Crippen LogP contribution in [0.15, 0.2) is 24.3 Å². The Balaban J connectivity index is 2.05. The van der Waals surface area contributed by atoms with Crippen LogP contribution in [0.4, 0.5) is 0 Å². The maximum absolute atomic E-state index is 12.7. The molecule has 138 valence electrons. The van der Waals surface area contributed by atoms with E-state index in [2.05, 4.69) is 10.6 Å². The maximum atomic E-state index is 12.7. The van der Waals surface area contributed by atoms with Crippen molar-refractivity contribution in [3.63, 3.8) is 0 Å². The third kappa shape index (κ3) is 5.48. The molecule has 1 aromatic carbocycles. The van der Waals surface area contributed by atoms with Gasteiger partial charge in [0.25, 0.3) is 5.91 Å². The molecule has 2 N–H and O–H groups in total. The van der Waals surface area contributed by atoms with Gasteiger partial charge in [0.05, 0.1) is 12.2 Å². The minimum absolute atomic E-state index is 0.00629. The van der Waals surface area contributed by atoms with Crippen LogP contribution in [0.3, 0.4) is 0 Å². The molecule has 0 heterocycles. The Morgan fingerprint density at radius 2 is 1.84 bits per heavy atom. The van der Waals surface area contributed by atoms with Crippen LogP contribution < -0.4 is 15.4 Å². The smallest absolute Gasteiger partial charge is 0.255 e. The van der Waals surface area contributed by atoms with Gasteiger partial charge in [0, 0.05) is 6.04 Å². The SMILES string of the molecule is CCOc1ccccc1C(=O)N[C@@H](C(=O)NC1CCCCC1)C(C)C. The number of amides is 2. The molecule has 0 spiro atoms. The Morgan fingerprint density at radius 1 is 1.16 bits per heavy atom. The third-order valence-electron chi connectivity index (χ3n) is 4.62. The zero-order valence-corrected chi connectivity index (χ0v) is 15.5. The van der Waals surface area contributed by atoms with E-state index in [9.17, 15) is 9.59 Å². The molecule has 1 aromatic rings. The predicted molar refractivity (Wildman–Crippen MR) is 98.7 cm³/mol. The van der Waals surface area contributed by atoms with Crippen molar-refractivity contribution in [3.05, 3.63) is 29.8 Å². The van der Waals surface area contributed by atoms with Gasteiger partial charge < -0.3 is 15.4 Å². The summed E-state index contributed by atoms with van der Waals surface area (Å²) in [7, 11) is 0. The van der Waals surface area contributed by atoms with Gasteiger partial charge in [-0.05, 0) is 37.8 Å². The fourth-order valence-electron chi connectivity index (χ4n) is 3.23. The van der Waals surface area contributed by atoms with E-state index in [-0.39, 0.29) is 23.8 Å². The summed E-state index contributed by atoms with van der Waals surface area (Å²) in [5, 5.41) is 6.00. The number of nitrogens with one attached hydrogen (secondary N) is 2. The molecule has 1 aliphatic rings. The largest absolute Gasteiger partial charge is 0.493 e. The van der Waals surface area contributed by atoms with Crippen molar-refractivity contribution in [2.45, 2.75) is 65.0 Å². The summed E-state index contributed by atoms with van der Waals surface area (Å²) in [4.78, 5) is 25.4. The van der Waals surface area contributed by atoms with Crippen LogP contribution >= 0.6 is 0 Å². The number of ether oxygens (including phenoxy) is 1. The van der Waals surface area contributed by atoms with Crippen LogP contribution in [-0.4, -0.2) is 30.5 Å². The Kier molecular flexibility index (Phi) is 7.29. The second kappa shape index (κ2) is 9.44. The van der Waals surface area contributed by atoms with Gasteiger partial charge in [0.15, 0.2) is 0 Å². The molecule has 1 aliphatic carbocycles. The number of hydrogen-bond acceptors (Lipinski definition) is 3. The van der Waals surface area contributed by atoms with E-state index in [1.54, 1.807) is 18.2 Å². The molecular weight excluding hydrogens is 316 g/mol. The average molecular weight is 346 g/mol. The summed E-state index contributed by atoms with van der Waals surface area (Å²) in [5.41, 5.74) is 0.459. The average Bonchev–Trinajstić information content (AvgIpc) is 2.60. The van der Waals surface area contributed by atoms with Gasteiger partial charge in [-0.15, -0.1) is 0 Å². The molecule has 2 rings (SSSR count). The van der Waals surface area contributed by atoms with Crippen molar-refractivity contribution in [2.75, 3.05) is 6.61 Å². The summed E-state index contributed by atoms with van der Waals surface area (Å²) in [6.45, 7) is 6.25. The number of hydrogen-bond donors (Lipinski definition) is 2. The molecule has 0 bridgehead atoms. The zero-order valence-electron chi connectivity index (χ0n) is 15.5. The first-order valence-electron chi connectivity index (χ1n) is 9.36. The van der Waals surface area contributed by atoms with Gasteiger partial charge in [0.1, 0.15) is 11.8 Å². The highest BCUT2D eigenvalue weighted by Crippen LogP contribution is 2.20. The third-order valence-corrected chi connectivity index (χ3v) is 4.62. The molecule has 25 heavy (non-hydrogen) atoms. The summed E-state index contributed by atoms with van der Waals surface area (Å²) >= 11 is 0. The quantitative estimate of drug-likeness (QED) is 0.796. The normalized spacial score (nSPS) is 16.3. The number of para-hydroxylation sites is 1. The van der Waals surface area contributed by atoms with Crippen molar-refractivity contribution < 1.29 is 14.3 Å². The zero-order chi connectivity index (χ0) is 18.2.